The number of halogens is 4. The normalized spacial score (nSPS) is 10.4. The van der Waals surface area contributed by atoms with Crippen LogP contribution < -0.4 is 9.39 Å². The van der Waals surface area contributed by atoms with E-state index in [9.17, 15) is 17.6 Å². The van der Waals surface area contributed by atoms with Gasteiger partial charge in [0.25, 0.3) is 0 Å². The molecule has 0 aliphatic rings. The second kappa shape index (κ2) is 5.04. The minimum atomic E-state index is -3.30. The molecule has 1 aromatic rings. The lowest BCUT2D eigenvalue weighted by molar-refractivity contribution is -0.0524. The Labute approximate surface area is 87.2 Å². The first-order valence-corrected chi connectivity index (χ1v) is 3.87. The first-order chi connectivity index (χ1) is 7.40. The number of ether oxygens (including phenoxy) is 1. The number of alkyl halides is 2. The SMILES string of the molecule is OB(O)Oc1cc(F)c(OC(F)F)cc1F. The van der Waals surface area contributed by atoms with Crippen molar-refractivity contribution in [2.45, 2.75) is 6.61 Å². The van der Waals surface area contributed by atoms with E-state index in [1.165, 1.54) is 0 Å². The van der Waals surface area contributed by atoms with Crippen LogP contribution >= 0.6 is 0 Å². The maximum atomic E-state index is 13.0. The van der Waals surface area contributed by atoms with E-state index in [1.54, 1.807) is 0 Å². The molecular weight excluding hydrogens is 235 g/mol. The fourth-order valence-electron chi connectivity index (χ4n) is 0.901. The average Bonchev–Trinajstić information content (AvgIpc) is 2.11. The van der Waals surface area contributed by atoms with E-state index in [0.717, 1.165) is 0 Å². The van der Waals surface area contributed by atoms with Gasteiger partial charge in [-0.25, -0.2) is 8.78 Å². The largest absolute Gasteiger partial charge is 0.707 e. The van der Waals surface area contributed by atoms with E-state index in [4.69, 9.17) is 10.0 Å². The summed E-state index contributed by atoms with van der Waals surface area (Å²) in [5, 5.41) is 16.7. The summed E-state index contributed by atoms with van der Waals surface area (Å²) in [7, 11) is -2.35. The molecule has 0 fully saturated rings. The molecule has 0 aromatic heterocycles. The van der Waals surface area contributed by atoms with Gasteiger partial charge in [-0.1, -0.05) is 0 Å². The molecule has 0 radical (unpaired) electrons. The van der Waals surface area contributed by atoms with Crippen LogP contribution in [0.4, 0.5) is 17.6 Å². The van der Waals surface area contributed by atoms with Gasteiger partial charge in [0.05, 0.1) is 0 Å². The third-order valence-corrected chi connectivity index (χ3v) is 1.43. The summed E-state index contributed by atoms with van der Waals surface area (Å²) < 4.78 is 57.1. The van der Waals surface area contributed by atoms with Crippen LogP contribution in [-0.4, -0.2) is 24.0 Å². The first kappa shape index (κ1) is 12.6. The topological polar surface area (TPSA) is 58.9 Å². The summed E-state index contributed by atoms with van der Waals surface area (Å²) in [6.45, 7) is -3.30. The fourth-order valence-corrected chi connectivity index (χ4v) is 0.901. The van der Waals surface area contributed by atoms with Gasteiger partial charge in [0.15, 0.2) is 17.4 Å². The van der Waals surface area contributed by atoms with Crippen molar-refractivity contribution in [3.8, 4) is 11.5 Å². The summed E-state index contributed by atoms with van der Waals surface area (Å²) in [6.07, 6.45) is 0. The molecule has 0 saturated carbocycles. The highest BCUT2D eigenvalue weighted by atomic mass is 19.3. The first-order valence-electron chi connectivity index (χ1n) is 3.87. The average molecular weight is 240 g/mol. The molecule has 1 rings (SSSR count). The van der Waals surface area contributed by atoms with Crippen LogP contribution in [0.25, 0.3) is 0 Å². The Bertz CT molecular complexity index is 338. The van der Waals surface area contributed by atoms with Crippen molar-refractivity contribution in [2.75, 3.05) is 0 Å². The Morgan fingerprint density at radius 3 is 2.06 bits per heavy atom. The van der Waals surface area contributed by atoms with Crippen molar-refractivity contribution in [2.24, 2.45) is 0 Å². The predicted octanol–water partition coefficient (Wildman–Crippen LogP) is 0.914. The number of hydrogen-bond donors (Lipinski definition) is 2. The van der Waals surface area contributed by atoms with Gasteiger partial charge in [-0.2, -0.15) is 8.78 Å². The molecule has 1 aromatic carbocycles. The van der Waals surface area contributed by atoms with E-state index < -0.39 is 37.1 Å². The van der Waals surface area contributed by atoms with Gasteiger partial charge in [-0.15, -0.1) is 0 Å². The van der Waals surface area contributed by atoms with Crippen LogP contribution in [0.1, 0.15) is 0 Å². The van der Waals surface area contributed by atoms with Gasteiger partial charge in [0.2, 0.25) is 0 Å². The van der Waals surface area contributed by atoms with Crippen molar-refractivity contribution in [3.63, 3.8) is 0 Å². The predicted molar refractivity (Wildman–Crippen MR) is 43.8 cm³/mol. The summed E-state index contributed by atoms with van der Waals surface area (Å²) >= 11 is 0. The van der Waals surface area contributed by atoms with E-state index >= 15 is 0 Å². The minimum Gasteiger partial charge on any atom is -0.509 e. The van der Waals surface area contributed by atoms with Gasteiger partial charge in [-0.3, -0.25) is 0 Å². The lowest BCUT2D eigenvalue weighted by Crippen LogP contribution is -2.21. The van der Waals surface area contributed by atoms with E-state index in [2.05, 4.69) is 9.39 Å². The highest BCUT2D eigenvalue weighted by Crippen LogP contribution is 2.27. The third kappa shape index (κ3) is 3.28. The van der Waals surface area contributed by atoms with E-state index in [-0.39, 0.29) is 0 Å². The van der Waals surface area contributed by atoms with Crippen LogP contribution in [-0.2, 0) is 0 Å². The zero-order chi connectivity index (χ0) is 12.3. The number of benzene rings is 1. The van der Waals surface area contributed by atoms with Crippen LogP contribution in [0.15, 0.2) is 12.1 Å². The molecule has 88 valence electrons. The summed E-state index contributed by atoms with van der Waals surface area (Å²) in [6, 6.07) is 0.658. The fraction of sp³-hybridized carbons (Fsp3) is 0.143. The maximum Gasteiger partial charge on any atom is 0.707 e. The van der Waals surface area contributed by atoms with E-state index in [0.29, 0.717) is 12.1 Å². The molecule has 0 aliphatic heterocycles. The molecule has 0 atom stereocenters. The van der Waals surface area contributed by atoms with Gasteiger partial charge >= 0.3 is 13.9 Å². The molecule has 0 bridgehead atoms. The van der Waals surface area contributed by atoms with Crippen LogP contribution in [0, 0.1) is 11.6 Å². The molecule has 2 N–H and O–H groups in total. The highest BCUT2D eigenvalue weighted by Gasteiger charge is 2.19. The van der Waals surface area contributed by atoms with Crippen molar-refractivity contribution < 1.29 is 37.0 Å². The Hall–Kier alpha value is -1.48. The lowest BCUT2D eigenvalue weighted by Gasteiger charge is -2.09. The molecule has 0 heterocycles. The molecule has 0 spiro atoms. The van der Waals surface area contributed by atoms with Crippen LogP contribution in [0.2, 0.25) is 0 Å². The molecule has 0 unspecified atom stereocenters. The standard InChI is InChI=1S/C7H5BF4O4/c9-3-2-6(16-8(13)14)4(10)1-5(3)15-7(11)12/h1-2,7,13-14H. The van der Waals surface area contributed by atoms with Gasteiger partial charge in [0.1, 0.15) is 5.75 Å². The maximum absolute atomic E-state index is 13.0. The molecular formula is C7H5BF4O4. The van der Waals surface area contributed by atoms with Crippen molar-refractivity contribution in [1.82, 2.24) is 0 Å². The zero-order valence-corrected chi connectivity index (χ0v) is 7.53. The Morgan fingerprint density at radius 1 is 1.06 bits per heavy atom. The van der Waals surface area contributed by atoms with Crippen LogP contribution in [0.5, 0.6) is 11.5 Å². The van der Waals surface area contributed by atoms with Gasteiger partial charge in [-0.05, 0) is 0 Å². The highest BCUT2D eigenvalue weighted by molar-refractivity contribution is 6.33. The lowest BCUT2D eigenvalue weighted by atomic mass is 10.2. The van der Waals surface area contributed by atoms with Gasteiger partial charge < -0.3 is 19.4 Å². The summed E-state index contributed by atoms with van der Waals surface area (Å²) in [4.78, 5) is 0. The Kier molecular flexibility index (Phi) is 3.96. The number of rotatable bonds is 4. The second-order valence-corrected chi connectivity index (χ2v) is 2.54. The quantitative estimate of drug-likeness (QED) is 0.606. The van der Waals surface area contributed by atoms with Crippen LogP contribution in [0.3, 0.4) is 0 Å². The molecule has 4 nitrogen and oxygen atoms in total. The minimum absolute atomic E-state index is 0.305. The summed E-state index contributed by atoms with van der Waals surface area (Å²) in [5.74, 6) is -4.44. The molecule has 9 heteroatoms. The molecule has 0 aliphatic carbocycles. The zero-order valence-electron chi connectivity index (χ0n) is 7.53. The molecule has 0 amide bonds. The summed E-state index contributed by atoms with van der Waals surface area (Å²) in [5.41, 5.74) is 0. The monoisotopic (exact) mass is 240 g/mol. The van der Waals surface area contributed by atoms with E-state index in [1.807, 2.05) is 0 Å². The molecule has 0 saturated heterocycles. The van der Waals surface area contributed by atoms with Gasteiger partial charge in [0, 0.05) is 12.1 Å². The van der Waals surface area contributed by atoms with Crippen molar-refractivity contribution >= 4 is 7.32 Å². The molecule has 16 heavy (non-hydrogen) atoms. The third-order valence-electron chi connectivity index (χ3n) is 1.43. The Morgan fingerprint density at radius 2 is 1.56 bits per heavy atom. The second-order valence-electron chi connectivity index (χ2n) is 2.54. The van der Waals surface area contributed by atoms with Crippen molar-refractivity contribution in [1.29, 1.82) is 0 Å². The Balaban J connectivity index is 2.97. The van der Waals surface area contributed by atoms with Crippen molar-refractivity contribution in [3.05, 3.63) is 23.8 Å². The number of hydrogen-bond acceptors (Lipinski definition) is 4. The smallest absolute Gasteiger partial charge is 0.509 e.